The van der Waals surface area contributed by atoms with Crippen LogP contribution in [-0.2, 0) is 0 Å². The molecule has 2 N–H and O–H groups in total. The van der Waals surface area contributed by atoms with Gasteiger partial charge in [0.05, 0.1) is 0 Å². The molecule has 0 aromatic heterocycles. The van der Waals surface area contributed by atoms with E-state index in [9.17, 15) is 4.39 Å². The number of nitrogens with two attached hydrogens (primary N) is 1. The first kappa shape index (κ1) is 14.1. The monoisotopic (exact) mass is 238 g/mol. The second-order valence-electron chi connectivity index (χ2n) is 4.81. The first-order chi connectivity index (χ1) is 8.06. The molecule has 0 amide bonds. The molecule has 0 aliphatic rings. The summed E-state index contributed by atoms with van der Waals surface area (Å²) in [6.45, 7) is 5.82. The van der Waals surface area contributed by atoms with E-state index in [1.807, 2.05) is 26.1 Å². The highest BCUT2D eigenvalue weighted by Gasteiger charge is 2.15. The van der Waals surface area contributed by atoms with E-state index in [4.69, 9.17) is 5.73 Å². The second-order valence-corrected chi connectivity index (χ2v) is 4.81. The fourth-order valence-corrected chi connectivity index (χ4v) is 1.79. The van der Waals surface area contributed by atoms with E-state index in [0.29, 0.717) is 12.5 Å². The lowest BCUT2D eigenvalue weighted by atomic mass is 10.0. The predicted molar refractivity (Wildman–Crippen MR) is 70.3 cm³/mol. The molecule has 17 heavy (non-hydrogen) atoms. The molecule has 0 radical (unpaired) electrons. The summed E-state index contributed by atoms with van der Waals surface area (Å²) in [6.07, 6.45) is 1.05. The summed E-state index contributed by atoms with van der Waals surface area (Å²) in [5.74, 6) is 0.393. The minimum atomic E-state index is -0.126. The van der Waals surface area contributed by atoms with Crippen LogP contribution in [0.5, 0.6) is 0 Å². The minimum Gasteiger partial charge on any atom is -0.330 e. The highest BCUT2D eigenvalue weighted by atomic mass is 19.1. The molecule has 0 saturated carbocycles. The van der Waals surface area contributed by atoms with Crippen LogP contribution in [0.1, 0.15) is 31.9 Å². The van der Waals surface area contributed by atoms with Gasteiger partial charge in [0.2, 0.25) is 0 Å². The van der Waals surface area contributed by atoms with Crippen LogP contribution < -0.4 is 5.73 Å². The third-order valence-corrected chi connectivity index (χ3v) is 3.39. The summed E-state index contributed by atoms with van der Waals surface area (Å²) in [6, 6.07) is 7.07. The van der Waals surface area contributed by atoms with Gasteiger partial charge in [-0.15, -0.1) is 0 Å². The molecule has 96 valence electrons. The average molecular weight is 238 g/mol. The molecule has 0 bridgehead atoms. The maximum Gasteiger partial charge on any atom is 0.127 e. The Balaban J connectivity index is 2.58. The summed E-state index contributed by atoms with van der Waals surface area (Å²) in [4.78, 5) is 2.17. The molecule has 0 aliphatic carbocycles. The third-order valence-electron chi connectivity index (χ3n) is 3.39. The number of halogens is 1. The molecule has 0 aliphatic heterocycles. The van der Waals surface area contributed by atoms with Crippen LogP contribution >= 0.6 is 0 Å². The molecule has 2 atom stereocenters. The molecular formula is C14H23FN2. The van der Waals surface area contributed by atoms with Crippen LogP contribution in [0, 0.1) is 11.7 Å². The van der Waals surface area contributed by atoms with E-state index in [1.165, 1.54) is 6.07 Å². The van der Waals surface area contributed by atoms with E-state index in [1.54, 1.807) is 6.07 Å². The van der Waals surface area contributed by atoms with Gasteiger partial charge in [-0.3, -0.25) is 4.90 Å². The first-order valence-corrected chi connectivity index (χ1v) is 6.21. The Hall–Kier alpha value is -0.930. The van der Waals surface area contributed by atoms with Gasteiger partial charge >= 0.3 is 0 Å². The van der Waals surface area contributed by atoms with E-state index < -0.39 is 0 Å². The molecule has 3 heteroatoms. The Labute approximate surface area is 104 Å². The van der Waals surface area contributed by atoms with Crippen molar-refractivity contribution in [3.8, 4) is 0 Å². The number of hydrogen-bond donors (Lipinski definition) is 1. The van der Waals surface area contributed by atoms with Gasteiger partial charge in [0.1, 0.15) is 5.82 Å². The Morgan fingerprint density at radius 1 is 1.29 bits per heavy atom. The van der Waals surface area contributed by atoms with E-state index in [2.05, 4.69) is 11.8 Å². The van der Waals surface area contributed by atoms with Gasteiger partial charge < -0.3 is 5.73 Å². The third kappa shape index (κ3) is 4.10. The normalized spacial score (nSPS) is 14.9. The van der Waals surface area contributed by atoms with Gasteiger partial charge in [0.25, 0.3) is 0 Å². The molecule has 0 fully saturated rings. The van der Waals surface area contributed by atoms with Gasteiger partial charge in [-0.05, 0) is 45.5 Å². The summed E-state index contributed by atoms with van der Waals surface area (Å²) in [5, 5.41) is 0. The van der Waals surface area contributed by atoms with Crippen molar-refractivity contribution in [2.75, 3.05) is 20.1 Å². The number of hydrogen-bond acceptors (Lipinski definition) is 2. The standard InChI is InChI=1S/C14H23FN2/c1-11(10-16)8-9-17(3)12(2)13-6-4-5-7-14(13)15/h4-7,11-12H,8-10,16H2,1-3H3. The van der Waals surface area contributed by atoms with Crippen LogP contribution in [0.25, 0.3) is 0 Å². The van der Waals surface area contributed by atoms with Crippen LogP contribution in [0.2, 0.25) is 0 Å². The first-order valence-electron chi connectivity index (χ1n) is 6.21. The van der Waals surface area contributed by atoms with Crippen LogP contribution in [0.15, 0.2) is 24.3 Å². The zero-order valence-electron chi connectivity index (χ0n) is 11.0. The average Bonchev–Trinajstić information content (AvgIpc) is 2.35. The number of benzene rings is 1. The topological polar surface area (TPSA) is 29.3 Å². The van der Waals surface area contributed by atoms with Crippen molar-refractivity contribution in [2.24, 2.45) is 11.7 Å². The van der Waals surface area contributed by atoms with Crippen molar-refractivity contribution in [2.45, 2.75) is 26.3 Å². The Bertz CT molecular complexity index is 341. The van der Waals surface area contributed by atoms with E-state index >= 15 is 0 Å². The zero-order valence-corrected chi connectivity index (χ0v) is 11.0. The fraction of sp³-hybridized carbons (Fsp3) is 0.571. The predicted octanol–water partition coefficient (Wildman–Crippen LogP) is 2.80. The van der Waals surface area contributed by atoms with Crippen molar-refractivity contribution in [3.63, 3.8) is 0 Å². The van der Waals surface area contributed by atoms with Gasteiger partial charge in [0, 0.05) is 11.6 Å². The molecule has 1 rings (SSSR count). The van der Waals surface area contributed by atoms with Crippen molar-refractivity contribution in [1.29, 1.82) is 0 Å². The molecule has 0 saturated heterocycles. The SMILES string of the molecule is CC(CN)CCN(C)C(C)c1ccccc1F. The van der Waals surface area contributed by atoms with Crippen LogP contribution in [0.4, 0.5) is 4.39 Å². The fourth-order valence-electron chi connectivity index (χ4n) is 1.79. The number of nitrogens with zero attached hydrogens (tertiary/aromatic N) is 1. The smallest absolute Gasteiger partial charge is 0.127 e. The van der Waals surface area contributed by atoms with Gasteiger partial charge in [-0.1, -0.05) is 25.1 Å². The van der Waals surface area contributed by atoms with Crippen LogP contribution in [-0.4, -0.2) is 25.0 Å². The van der Waals surface area contributed by atoms with Gasteiger partial charge in [-0.25, -0.2) is 4.39 Å². The van der Waals surface area contributed by atoms with Gasteiger partial charge in [0.15, 0.2) is 0 Å². The lowest BCUT2D eigenvalue weighted by Gasteiger charge is -2.26. The van der Waals surface area contributed by atoms with Crippen molar-refractivity contribution < 1.29 is 4.39 Å². The number of rotatable bonds is 6. The highest BCUT2D eigenvalue weighted by molar-refractivity contribution is 5.20. The molecule has 2 nitrogen and oxygen atoms in total. The van der Waals surface area contributed by atoms with Gasteiger partial charge in [-0.2, -0.15) is 0 Å². The van der Waals surface area contributed by atoms with Crippen molar-refractivity contribution >= 4 is 0 Å². The minimum absolute atomic E-state index is 0.0983. The molecule has 2 unspecified atom stereocenters. The summed E-state index contributed by atoms with van der Waals surface area (Å²) in [7, 11) is 2.03. The maximum atomic E-state index is 13.6. The molecule has 1 aromatic carbocycles. The Morgan fingerprint density at radius 3 is 2.53 bits per heavy atom. The van der Waals surface area contributed by atoms with E-state index in [0.717, 1.165) is 18.5 Å². The lowest BCUT2D eigenvalue weighted by Crippen LogP contribution is -2.26. The Kier molecular flexibility index (Phi) is 5.59. The largest absolute Gasteiger partial charge is 0.330 e. The maximum absolute atomic E-state index is 13.6. The molecule has 0 heterocycles. The van der Waals surface area contributed by atoms with Crippen molar-refractivity contribution in [3.05, 3.63) is 35.6 Å². The molecular weight excluding hydrogens is 215 g/mol. The Morgan fingerprint density at radius 2 is 1.94 bits per heavy atom. The molecule has 1 aromatic rings. The second kappa shape index (κ2) is 6.72. The summed E-state index contributed by atoms with van der Waals surface area (Å²) >= 11 is 0. The molecule has 0 spiro atoms. The quantitative estimate of drug-likeness (QED) is 0.825. The van der Waals surface area contributed by atoms with E-state index in [-0.39, 0.29) is 11.9 Å². The van der Waals surface area contributed by atoms with Crippen LogP contribution in [0.3, 0.4) is 0 Å². The lowest BCUT2D eigenvalue weighted by molar-refractivity contribution is 0.240. The highest BCUT2D eigenvalue weighted by Crippen LogP contribution is 2.21. The summed E-state index contributed by atoms with van der Waals surface area (Å²) in [5.41, 5.74) is 6.35. The summed E-state index contributed by atoms with van der Waals surface area (Å²) < 4.78 is 13.6. The zero-order chi connectivity index (χ0) is 12.8. The van der Waals surface area contributed by atoms with Crippen molar-refractivity contribution in [1.82, 2.24) is 4.90 Å².